The summed E-state index contributed by atoms with van der Waals surface area (Å²) in [6.45, 7) is 2.09. The van der Waals surface area contributed by atoms with Gasteiger partial charge in [-0.05, 0) is 18.1 Å². The van der Waals surface area contributed by atoms with Crippen molar-refractivity contribution in [3.8, 4) is 6.07 Å². The Labute approximate surface area is 117 Å². The highest BCUT2D eigenvalue weighted by atomic mass is 16.6. The average Bonchev–Trinajstić information content (AvgIpc) is 2.47. The van der Waals surface area contributed by atoms with Crippen LogP contribution >= 0.6 is 0 Å². The van der Waals surface area contributed by atoms with Gasteiger partial charge in [-0.1, -0.05) is 6.08 Å². The SMILES string of the molecule is COCC1=CCN(c2ccc([N+](=O)[O-])cc2C#N)CC1. The van der Waals surface area contributed by atoms with Gasteiger partial charge in [-0.25, -0.2) is 0 Å². The summed E-state index contributed by atoms with van der Waals surface area (Å²) >= 11 is 0. The van der Waals surface area contributed by atoms with E-state index in [1.54, 1.807) is 13.2 Å². The van der Waals surface area contributed by atoms with Crippen LogP contribution in [0.1, 0.15) is 12.0 Å². The molecule has 0 atom stereocenters. The molecule has 0 bridgehead atoms. The second-order valence-electron chi connectivity index (χ2n) is 4.56. The second-order valence-corrected chi connectivity index (χ2v) is 4.56. The van der Waals surface area contributed by atoms with E-state index in [0.29, 0.717) is 18.7 Å². The molecule has 6 nitrogen and oxygen atoms in total. The summed E-state index contributed by atoms with van der Waals surface area (Å²) in [5.74, 6) is 0. The first-order chi connectivity index (χ1) is 9.65. The van der Waals surface area contributed by atoms with Crippen LogP contribution < -0.4 is 4.90 Å². The monoisotopic (exact) mass is 273 g/mol. The summed E-state index contributed by atoms with van der Waals surface area (Å²) in [6, 6.07) is 6.44. The number of nitro benzene ring substituents is 1. The Balaban J connectivity index is 2.22. The van der Waals surface area contributed by atoms with Crippen molar-refractivity contribution in [2.45, 2.75) is 6.42 Å². The third-order valence-corrected chi connectivity index (χ3v) is 3.29. The number of anilines is 1. The molecule has 0 aliphatic carbocycles. The van der Waals surface area contributed by atoms with Gasteiger partial charge in [0.25, 0.3) is 5.69 Å². The van der Waals surface area contributed by atoms with Crippen molar-refractivity contribution in [2.75, 3.05) is 31.7 Å². The fraction of sp³-hybridized carbons (Fsp3) is 0.357. The summed E-state index contributed by atoms with van der Waals surface area (Å²) in [5, 5.41) is 19.9. The number of benzene rings is 1. The molecule has 0 radical (unpaired) electrons. The molecule has 0 amide bonds. The van der Waals surface area contributed by atoms with Crippen LogP contribution in [-0.2, 0) is 4.74 Å². The molecule has 0 unspecified atom stereocenters. The van der Waals surface area contributed by atoms with E-state index in [1.165, 1.54) is 17.7 Å². The number of nitro groups is 1. The fourth-order valence-electron chi connectivity index (χ4n) is 2.25. The summed E-state index contributed by atoms with van der Waals surface area (Å²) < 4.78 is 5.10. The molecule has 6 heteroatoms. The number of non-ortho nitro benzene ring substituents is 1. The molecule has 0 aromatic heterocycles. The lowest BCUT2D eigenvalue weighted by molar-refractivity contribution is -0.384. The Morgan fingerprint density at radius 2 is 2.35 bits per heavy atom. The molecule has 0 saturated heterocycles. The molecule has 0 N–H and O–H groups in total. The number of ether oxygens (including phenoxy) is 1. The Hall–Kier alpha value is -2.39. The number of nitrogens with zero attached hydrogens (tertiary/aromatic N) is 3. The normalized spacial score (nSPS) is 14.6. The zero-order valence-electron chi connectivity index (χ0n) is 11.2. The highest BCUT2D eigenvalue weighted by Gasteiger charge is 2.17. The van der Waals surface area contributed by atoms with E-state index >= 15 is 0 Å². The van der Waals surface area contributed by atoms with E-state index in [-0.39, 0.29) is 5.69 Å². The van der Waals surface area contributed by atoms with Gasteiger partial charge in [-0.2, -0.15) is 5.26 Å². The summed E-state index contributed by atoms with van der Waals surface area (Å²) in [4.78, 5) is 12.3. The van der Waals surface area contributed by atoms with Crippen LogP contribution in [0.25, 0.3) is 0 Å². The van der Waals surface area contributed by atoms with Gasteiger partial charge in [0.05, 0.1) is 22.8 Å². The summed E-state index contributed by atoms with van der Waals surface area (Å²) in [7, 11) is 1.66. The summed E-state index contributed by atoms with van der Waals surface area (Å²) in [6.07, 6.45) is 2.95. The van der Waals surface area contributed by atoms with Crippen molar-refractivity contribution in [2.24, 2.45) is 0 Å². The van der Waals surface area contributed by atoms with Crippen molar-refractivity contribution in [3.05, 3.63) is 45.5 Å². The van der Waals surface area contributed by atoms with E-state index in [2.05, 4.69) is 6.08 Å². The molecule has 104 valence electrons. The largest absolute Gasteiger partial charge is 0.380 e. The van der Waals surface area contributed by atoms with Crippen LogP contribution in [0.2, 0.25) is 0 Å². The molecule has 0 fully saturated rings. The lowest BCUT2D eigenvalue weighted by Crippen LogP contribution is -2.29. The van der Waals surface area contributed by atoms with Crippen LogP contribution in [0.4, 0.5) is 11.4 Å². The zero-order valence-corrected chi connectivity index (χ0v) is 11.2. The Morgan fingerprint density at radius 3 is 2.90 bits per heavy atom. The average molecular weight is 273 g/mol. The third kappa shape index (κ3) is 2.95. The van der Waals surface area contributed by atoms with Gasteiger partial charge in [0.1, 0.15) is 6.07 Å². The highest BCUT2D eigenvalue weighted by Crippen LogP contribution is 2.27. The second kappa shape index (κ2) is 6.17. The van der Waals surface area contributed by atoms with Gasteiger partial charge in [0, 0.05) is 32.3 Å². The van der Waals surface area contributed by atoms with Crippen molar-refractivity contribution >= 4 is 11.4 Å². The minimum atomic E-state index is -0.489. The number of hydrogen-bond acceptors (Lipinski definition) is 5. The lowest BCUT2D eigenvalue weighted by Gasteiger charge is -2.28. The lowest BCUT2D eigenvalue weighted by atomic mass is 10.1. The Kier molecular flexibility index (Phi) is 4.33. The topological polar surface area (TPSA) is 79.4 Å². The van der Waals surface area contributed by atoms with Crippen LogP contribution in [0.3, 0.4) is 0 Å². The first-order valence-electron chi connectivity index (χ1n) is 6.26. The molecular weight excluding hydrogens is 258 g/mol. The zero-order chi connectivity index (χ0) is 14.5. The molecule has 1 heterocycles. The maximum atomic E-state index is 10.7. The third-order valence-electron chi connectivity index (χ3n) is 3.29. The van der Waals surface area contributed by atoms with Gasteiger partial charge in [0.2, 0.25) is 0 Å². The van der Waals surface area contributed by atoms with E-state index < -0.39 is 4.92 Å². The molecule has 1 aromatic rings. The quantitative estimate of drug-likeness (QED) is 0.477. The maximum absolute atomic E-state index is 10.7. The maximum Gasteiger partial charge on any atom is 0.270 e. The van der Waals surface area contributed by atoms with E-state index in [4.69, 9.17) is 10.00 Å². The van der Waals surface area contributed by atoms with Crippen molar-refractivity contribution in [1.29, 1.82) is 5.26 Å². The van der Waals surface area contributed by atoms with Crippen LogP contribution in [0.15, 0.2) is 29.8 Å². The predicted octanol–water partition coefficient (Wildman–Crippen LogP) is 2.25. The molecule has 0 saturated carbocycles. The molecule has 1 aromatic carbocycles. The summed E-state index contributed by atoms with van der Waals surface area (Å²) in [5.41, 5.74) is 2.26. The van der Waals surface area contributed by atoms with E-state index in [1.807, 2.05) is 11.0 Å². The van der Waals surface area contributed by atoms with Crippen molar-refractivity contribution in [1.82, 2.24) is 0 Å². The smallest absolute Gasteiger partial charge is 0.270 e. The molecule has 0 spiro atoms. The Bertz CT molecular complexity index is 590. The minimum absolute atomic E-state index is 0.0575. The van der Waals surface area contributed by atoms with Gasteiger partial charge >= 0.3 is 0 Å². The van der Waals surface area contributed by atoms with Crippen LogP contribution in [0, 0.1) is 21.4 Å². The standard InChI is InChI=1S/C14H15N3O3/c1-20-10-11-4-6-16(7-5-11)14-3-2-13(17(18)19)8-12(14)9-15/h2-4,8H,5-7,10H2,1H3. The van der Waals surface area contributed by atoms with Crippen molar-refractivity contribution in [3.63, 3.8) is 0 Å². The van der Waals surface area contributed by atoms with Gasteiger partial charge < -0.3 is 9.64 Å². The number of rotatable bonds is 4. The van der Waals surface area contributed by atoms with Crippen LogP contribution in [0.5, 0.6) is 0 Å². The molecule has 1 aliphatic heterocycles. The van der Waals surface area contributed by atoms with Crippen molar-refractivity contribution < 1.29 is 9.66 Å². The van der Waals surface area contributed by atoms with Gasteiger partial charge in [-0.15, -0.1) is 0 Å². The van der Waals surface area contributed by atoms with Gasteiger partial charge in [-0.3, -0.25) is 10.1 Å². The molecule has 20 heavy (non-hydrogen) atoms. The van der Waals surface area contributed by atoms with Gasteiger partial charge in [0.15, 0.2) is 0 Å². The Morgan fingerprint density at radius 1 is 1.55 bits per heavy atom. The molecular formula is C14H15N3O3. The molecule has 1 aliphatic rings. The number of nitriles is 1. The number of hydrogen-bond donors (Lipinski definition) is 0. The van der Waals surface area contributed by atoms with E-state index in [9.17, 15) is 10.1 Å². The first kappa shape index (κ1) is 14.0. The minimum Gasteiger partial charge on any atom is -0.380 e. The number of methoxy groups -OCH3 is 1. The first-order valence-corrected chi connectivity index (χ1v) is 6.26. The highest BCUT2D eigenvalue weighted by molar-refractivity contribution is 5.63. The molecule has 2 rings (SSSR count). The predicted molar refractivity (Wildman–Crippen MR) is 74.6 cm³/mol. The fourth-order valence-corrected chi connectivity index (χ4v) is 2.25. The van der Waals surface area contributed by atoms with Crippen LogP contribution in [-0.4, -0.2) is 31.7 Å². The van der Waals surface area contributed by atoms with E-state index in [0.717, 1.165) is 18.7 Å².